The Morgan fingerprint density at radius 1 is 1.07 bits per heavy atom. The van der Waals surface area contributed by atoms with E-state index in [1.165, 1.54) is 27.8 Å². The molecule has 5 nitrogen and oxygen atoms in total. The predicted molar refractivity (Wildman–Crippen MR) is 117 cm³/mol. The van der Waals surface area contributed by atoms with E-state index in [2.05, 4.69) is 43.3 Å². The summed E-state index contributed by atoms with van der Waals surface area (Å²) in [6.45, 7) is 3.23. The van der Waals surface area contributed by atoms with E-state index in [0.29, 0.717) is 13.2 Å². The Kier molecular flexibility index (Phi) is 7.44. The first-order chi connectivity index (χ1) is 14.1. The minimum atomic E-state index is -0.725. The number of nitrogens with two attached hydrogens (primary N) is 2. The molecule has 0 aliphatic heterocycles. The average molecular weight is 395 g/mol. The maximum Gasteiger partial charge on any atom is 0.324 e. The van der Waals surface area contributed by atoms with E-state index in [9.17, 15) is 4.79 Å². The number of rotatable bonds is 10. The molecule has 0 saturated heterocycles. The third-order valence-electron chi connectivity index (χ3n) is 5.14. The minimum absolute atomic E-state index is 0.106. The van der Waals surface area contributed by atoms with Crippen LogP contribution < -0.4 is 16.2 Å². The molecule has 5 heteroatoms. The van der Waals surface area contributed by atoms with Crippen molar-refractivity contribution in [2.24, 2.45) is 11.5 Å². The number of aryl methyl sites for hydroxylation is 1. The van der Waals surface area contributed by atoms with Gasteiger partial charge in [-0.25, -0.2) is 0 Å². The van der Waals surface area contributed by atoms with Crippen LogP contribution in [0.1, 0.15) is 41.5 Å². The van der Waals surface area contributed by atoms with Crippen LogP contribution in [-0.2, 0) is 16.0 Å². The summed E-state index contributed by atoms with van der Waals surface area (Å²) in [6.07, 6.45) is 5.77. The van der Waals surface area contributed by atoms with E-state index in [1.54, 1.807) is 0 Å². The van der Waals surface area contributed by atoms with Crippen LogP contribution in [0.2, 0.25) is 0 Å². The predicted octanol–water partition coefficient (Wildman–Crippen LogP) is 3.47. The summed E-state index contributed by atoms with van der Waals surface area (Å²) in [5.74, 6) is 0.529. The van der Waals surface area contributed by atoms with Crippen molar-refractivity contribution in [2.45, 2.75) is 38.6 Å². The largest absolute Gasteiger partial charge is 0.493 e. The van der Waals surface area contributed by atoms with Crippen molar-refractivity contribution in [3.8, 4) is 5.75 Å². The fourth-order valence-electron chi connectivity index (χ4n) is 3.36. The minimum Gasteiger partial charge on any atom is -0.493 e. The van der Waals surface area contributed by atoms with Crippen LogP contribution in [0.3, 0.4) is 0 Å². The molecule has 29 heavy (non-hydrogen) atoms. The van der Waals surface area contributed by atoms with Crippen LogP contribution in [-0.4, -0.2) is 31.8 Å². The number of allylic oxidation sites excluding steroid dienone is 1. The number of fused-ring (bicyclic) bond motifs is 1. The van der Waals surface area contributed by atoms with E-state index in [4.69, 9.17) is 20.9 Å². The van der Waals surface area contributed by atoms with Crippen molar-refractivity contribution in [3.63, 3.8) is 0 Å². The molecule has 0 saturated carbocycles. The number of hydrogen-bond donors (Lipinski definition) is 2. The zero-order chi connectivity index (χ0) is 20.6. The number of ether oxygens (including phenoxy) is 2. The van der Waals surface area contributed by atoms with E-state index < -0.39 is 12.0 Å². The standard InChI is InChI=1S/C24H30N2O3/c1-17-8-10-18(11-9-17)20-14-19-6-5-7-23(21(19)15-20)28-12-3-2-4-13-29-24(27)22(26)16-25/h5-11,14,22H,2-4,12-13,15-16,25-26H2,1H3. The second kappa shape index (κ2) is 10.2. The average Bonchev–Trinajstić information content (AvgIpc) is 3.17. The van der Waals surface area contributed by atoms with Gasteiger partial charge in [-0.3, -0.25) is 4.79 Å². The summed E-state index contributed by atoms with van der Waals surface area (Å²) >= 11 is 0. The lowest BCUT2D eigenvalue weighted by molar-refractivity contribution is -0.145. The first-order valence-electron chi connectivity index (χ1n) is 10.2. The summed E-state index contributed by atoms with van der Waals surface area (Å²) in [5, 5.41) is 0. The monoisotopic (exact) mass is 394 g/mol. The molecule has 2 aromatic rings. The Labute approximate surface area is 172 Å². The summed E-state index contributed by atoms with van der Waals surface area (Å²) in [7, 11) is 0. The second-order valence-electron chi connectivity index (χ2n) is 7.46. The van der Waals surface area contributed by atoms with Gasteiger partial charge < -0.3 is 20.9 Å². The van der Waals surface area contributed by atoms with Crippen molar-refractivity contribution in [3.05, 3.63) is 64.7 Å². The Morgan fingerprint density at radius 2 is 1.83 bits per heavy atom. The van der Waals surface area contributed by atoms with Gasteiger partial charge in [-0.15, -0.1) is 0 Å². The van der Waals surface area contributed by atoms with Gasteiger partial charge in [-0.2, -0.15) is 0 Å². The molecule has 0 radical (unpaired) electrons. The molecule has 0 aromatic heterocycles. The van der Waals surface area contributed by atoms with Crippen molar-refractivity contribution in [1.82, 2.24) is 0 Å². The summed E-state index contributed by atoms with van der Waals surface area (Å²) in [5.41, 5.74) is 17.2. The zero-order valence-corrected chi connectivity index (χ0v) is 17.0. The number of carbonyl (C=O) groups excluding carboxylic acids is 1. The molecular weight excluding hydrogens is 364 g/mol. The molecular formula is C24H30N2O3. The molecule has 1 aliphatic rings. The lowest BCUT2D eigenvalue weighted by Gasteiger charge is -2.12. The van der Waals surface area contributed by atoms with Gasteiger partial charge >= 0.3 is 5.97 Å². The van der Waals surface area contributed by atoms with E-state index in [-0.39, 0.29) is 6.54 Å². The summed E-state index contributed by atoms with van der Waals surface area (Å²) in [4.78, 5) is 11.4. The highest BCUT2D eigenvalue weighted by atomic mass is 16.5. The highest BCUT2D eigenvalue weighted by molar-refractivity contribution is 5.89. The molecule has 0 heterocycles. The number of hydrogen-bond acceptors (Lipinski definition) is 5. The van der Waals surface area contributed by atoms with Gasteiger partial charge in [0.1, 0.15) is 11.8 Å². The zero-order valence-electron chi connectivity index (χ0n) is 17.0. The third kappa shape index (κ3) is 5.68. The number of carbonyl (C=O) groups is 1. The van der Waals surface area contributed by atoms with Crippen LogP contribution in [0.5, 0.6) is 5.75 Å². The maximum absolute atomic E-state index is 11.4. The molecule has 1 aliphatic carbocycles. The van der Waals surface area contributed by atoms with E-state index >= 15 is 0 Å². The smallest absolute Gasteiger partial charge is 0.324 e. The first kappa shape index (κ1) is 21.1. The Hall–Kier alpha value is -2.63. The molecule has 0 fully saturated rings. The molecule has 154 valence electrons. The lowest BCUT2D eigenvalue weighted by atomic mass is 10.0. The third-order valence-corrected chi connectivity index (χ3v) is 5.14. The van der Waals surface area contributed by atoms with Crippen molar-refractivity contribution >= 4 is 17.6 Å². The van der Waals surface area contributed by atoms with E-state index in [1.807, 2.05) is 12.1 Å². The molecule has 0 spiro atoms. The number of benzene rings is 2. The maximum atomic E-state index is 11.4. The number of unbranched alkanes of at least 4 members (excludes halogenated alkanes) is 2. The SMILES string of the molecule is Cc1ccc(C2=Cc3cccc(OCCCCCOC(=O)C(N)CN)c3C2)cc1. The van der Waals surface area contributed by atoms with Gasteiger partial charge in [-0.1, -0.05) is 48.0 Å². The van der Waals surface area contributed by atoms with Gasteiger partial charge in [0.05, 0.1) is 13.2 Å². The molecule has 0 bridgehead atoms. The fourth-order valence-corrected chi connectivity index (χ4v) is 3.36. The van der Waals surface area contributed by atoms with Crippen LogP contribution in [0.15, 0.2) is 42.5 Å². The highest BCUT2D eigenvalue weighted by Gasteiger charge is 2.18. The summed E-state index contributed by atoms with van der Waals surface area (Å²) < 4.78 is 11.1. The molecule has 2 aromatic carbocycles. The lowest BCUT2D eigenvalue weighted by Crippen LogP contribution is -2.39. The van der Waals surface area contributed by atoms with Crippen LogP contribution in [0.4, 0.5) is 0 Å². The number of esters is 1. The van der Waals surface area contributed by atoms with Crippen molar-refractivity contribution < 1.29 is 14.3 Å². The van der Waals surface area contributed by atoms with Gasteiger partial charge in [0.2, 0.25) is 0 Å². The molecule has 3 rings (SSSR count). The van der Waals surface area contributed by atoms with Crippen LogP contribution >= 0.6 is 0 Å². The fraction of sp³-hybridized carbons (Fsp3) is 0.375. The van der Waals surface area contributed by atoms with Gasteiger partial charge in [0.25, 0.3) is 0 Å². The van der Waals surface area contributed by atoms with Gasteiger partial charge in [0, 0.05) is 18.5 Å². The molecule has 1 unspecified atom stereocenters. The van der Waals surface area contributed by atoms with Gasteiger partial charge in [0.15, 0.2) is 0 Å². The summed E-state index contributed by atoms with van der Waals surface area (Å²) in [6, 6.07) is 14.2. The van der Waals surface area contributed by atoms with Crippen molar-refractivity contribution in [1.29, 1.82) is 0 Å². The quantitative estimate of drug-likeness (QED) is 0.476. The molecule has 0 amide bonds. The molecule has 4 N–H and O–H groups in total. The van der Waals surface area contributed by atoms with Crippen LogP contribution in [0.25, 0.3) is 11.6 Å². The normalized spacial score (nSPS) is 13.6. The van der Waals surface area contributed by atoms with Crippen LogP contribution in [0, 0.1) is 6.92 Å². The second-order valence-corrected chi connectivity index (χ2v) is 7.46. The topological polar surface area (TPSA) is 87.6 Å². The Morgan fingerprint density at radius 3 is 2.59 bits per heavy atom. The van der Waals surface area contributed by atoms with E-state index in [0.717, 1.165) is 31.4 Å². The van der Waals surface area contributed by atoms with Crippen molar-refractivity contribution in [2.75, 3.05) is 19.8 Å². The highest BCUT2D eigenvalue weighted by Crippen LogP contribution is 2.36. The van der Waals surface area contributed by atoms with Gasteiger partial charge in [-0.05, 0) is 49.0 Å². The Balaban J connectivity index is 1.43. The Bertz CT molecular complexity index is 859. The molecule has 1 atom stereocenters. The first-order valence-corrected chi connectivity index (χ1v) is 10.2.